The van der Waals surface area contributed by atoms with E-state index in [1.54, 1.807) is 0 Å². The predicted molar refractivity (Wildman–Crippen MR) is 114 cm³/mol. The van der Waals surface area contributed by atoms with Crippen molar-refractivity contribution in [3.8, 4) is 0 Å². The van der Waals surface area contributed by atoms with Crippen LogP contribution in [0.3, 0.4) is 0 Å². The molecule has 0 aromatic carbocycles. The van der Waals surface area contributed by atoms with Gasteiger partial charge in [-0.05, 0) is 39.2 Å². The molecule has 0 aromatic heterocycles. The molecule has 0 aromatic rings. The van der Waals surface area contributed by atoms with E-state index in [2.05, 4.69) is 26.3 Å². The molecule has 14 nitrogen and oxygen atoms in total. The number of amides is 4. The Kier molecular flexibility index (Phi) is 10.9. The highest BCUT2D eigenvalue weighted by Gasteiger charge is 2.30. The van der Waals surface area contributed by atoms with Gasteiger partial charge in [0.25, 0.3) is 0 Å². The first-order valence-corrected chi connectivity index (χ1v) is 10.2. The zero-order chi connectivity index (χ0) is 24.3. The lowest BCUT2D eigenvalue weighted by molar-refractivity contribution is -0.143. The van der Waals surface area contributed by atoms with Crippen molar-refractivity contribution in [2.45, 2.75) is 63.2 Å². The lowest BCUT2D eigenvalue weighted by Gasteiger charge is -2.23. The number of primary amides is 1. The molecule has 0 bridgehead atoms. The third-order valence-corrected chi connectivity index (χ3v) is 4.73. The average molecular weight is 457 g/mol. The largest absolute Gasteiger partial charge is 0.480 e. The number of hydrogen-bond donors (Lipinski definition) is 8. The highest BCUT2D eigenvalue weighted by atomic mass is 16.4. The quantitative estimate of drug-likeness (QED) is 0.0768. The van der Waals surface area contributed by atoms with Gasteiger partial charge >= 0.3 is 5.97 Å². The molecule has 0 radical (unpaired) electrons. The standard InChI is InChI=1S/C18H32N8O6/c1-9(14(28)26-12(17(31)32)8-13(19)27)24-16(30)11(5-3-7-23-18(20)21)25-15(29)10-4-2-6-22-10/h9-12,22H,2-8H2,1H3,(H2,19,27)(H,24,30)(H,25,29)(H,26,28)(H,31,32)(H4,20,21,23). The second-order valence-corrected chi connectivity index (χ2v) is 7.46. The van der Waals surface area contributed by atoms with E-state index >= 15 is 0 Å². The summed E-state index contributed by atoms with van der Waals surface area (Å²) in [7, 11) is 0. The van der Waals surface area contributed by atoms with Gasteiger partial charge in [0, 0.05) is 6.54 Å². The fraction of sp³-hybridized carbons (Fsp3) is 0.667. The second kappa shape index (κ2) is 13.1. The maximum Gasteiger partial charge on any atom is 0.326 e. The van der Waals surface area contributed by atoms with Gasteiger partial charge in [0.05, 0.1) is 12.5 Å². The topological polar surface area (TPSA) is 244 Å². The molecule has 1 saturated heterocycles. The third kappa shape index (κ3) is 9.59. The zero-order valence-corrected chi connectivity index (χ0v) is 17.9. The van der Waals surface area contributed by atoms with Crippen LogP contribution in [0.15, 0.2) is 4.99 Å². The van der Waals surface area contributed by atoms with Crippen LogP contribution in [0.2, 0.25) is 0 Å². The van der Waals surface area contributed by atoms with Crippen molar-refractivity contribution in [1.82, 2.24) is 21.3 Å². The van der Waals surface area contributed by atoms with E-state index in [0.717, 1.165) is 6.42 Å². The van der Waals surface area contributed by atoms with Crippen LogP contribution in [-0.2, 0) is 24.0 Å². The number of nitrogens with one attached hydrogen (secondary N) is 4. The molecular weight excluding hydrogens is 424 g/mol. The van der Waals surface area contributed by atoms with E-state index in [9.17, 15) is 24.0 Å². The van der Waals surface area contributed by atoms with Gasteiger partial charge in [-0.1, -0.05) is 0 Å². The highest BCUT2D eigenvalue weighted by molar-refractivity contribution is 5.94. The molecule has 0 spiro atoms. The van der Waals surface area contributed by atoms with Crippen LogP contribution >= 0.6 is 0 Å². The molecule has 4 atom stereocenters. The Morgan fingerprint density at radius 2 is 1.75 bits per heavy atom. The molecular formula is C18H32N8O6. The van der Waals surface area contributed by atoms with Crippen molar-refractivity contribution >= 4 is 35.6 Å². The van der Waals surface area contributed by atoms with Crippen LogP contribution in [0.1, 0.15) is 39.0 Å². The van der Waals surface area contributed by atoms with Crippen molar-refractivity contribution in [3.05, 3.63) is 0 Å². The van der Waals surface area contributed by atoms with Gasteiger partial charge in [-0.25, -0.2) is 4.79 Å². The number of carbonyl (C=O) groups excluding carboxylic acids is 4. The van der Waals surface area contributed by atoms with Crippen molar-refractivity contribution in [2.24, 2.45) is 22.2 Å². The summed E-state index contributed by atoms with van der Waals surface area (Å²) in [6, 6.07) is -4.04. The number of hydrogen-bond acceptors (Lipinski definition) is 7. The number of carboxylic acids is 1. The monoisotopic (exact) mass is 456 g/mol. The number of nitrogens with two attached hydrogens (primary N) is 3. The van der Waals surface area contributed by atoms with Gasteiger partial charge in [0.1, 0.15) is 18.1 Å². The Balaban J connectivity index is 2.75. The van der Waals surface area contributed by atoms with Crippen LogP contribution < -0.4 is 38.5 Å². The van der Waals surface area contributed by atoms with Crippen molar-refractivity contribution in [1.29, 1.82) is 0 Å². The van der Waals surface area contributed by atoms with E-state index < -0.39 is 54.3 Å². The fourth-order valence-electron chi connectivity index (χ4n) is 3.03. The Labute approximate surface area is 185 Å². The molecule has 14 heteroatoms. The smallest absolute Gasteiger partial charge is 0.326 e. The van der Waals surface area contributed by atoms with Gasteiger partial charge in [-0.15, -0.1) is 0 Å². The molecule has 11 N–H and O–H groups in total. The predicted octanol–water partition coefficient (Wildman–Crippen LogP) is -3.77. The molecule has 1 rings (SSSR count). The maximum absolute atomic E-state index is 12.7. The van der Waals surface area contributed by atoms with Crippen LogP contribution in [0.4, 0.5) is 0 Å². The number of aliphatic carboxylic acids is 1. The van der Waals surface area contributed by atoms with Gasteiger partial charge in [-0.2, -0.15) is 0 Å². The Morgan fingerprint density at radius 3 is 2.28 bits per heavy atom. The molecule has 1 heterocycles. The molecule has 1 aliphatic heterocycles. The van der Waals surface area contributed by atoms with Crippen LogP contribution in [0.25, 0.3) is 0 Å². The molecule has 4 unspecified atom stereocenters. The summed E-state index contributed by atoms with van der Waals surface area (Å²) < 4.78 is 0. The minimum Gasteiger partial charge on any atom is -0.480 e. The third-order valence-electron chi connectivity index (χ3n) is 4.73. The van der Waals surface area contributed by atoms with Gasteiger partial charge in [0.2, 0.25) is 23.6 Å². The number of aliphatic imine (C=N–C) groups is 1. The number of guanidine groups is 1. The maximum atomic E-state index is 12.7. The zero-order valence-electron chi connectivity index (χ0n) is 17.9. The summed E-state index contributed by atoms with van der Waals surface area (Å²) in [5.74, 6) is -4.24. The lowest BCUT2D eigenvalue weighted by atomic mass is 10.1. The molecule has 1 fully saturated rings. The Morgan fingerprint density at radius 1 is 1.06 bits per heavy atom. The molecule has 0 saturated carbocycles. The van der Waals surface area contributed by atoms with E-state index in [1.165, 1.54) is 6.92 Å². The number of rotatable bonds is 13. The summed E-state index contributed by atoms with van der Waals surface area (Å²) in [4.78, 5) is 63.4. The summed E-state index contributed by atoms with van der Waals surface area (Å²) in [6.45, 7) is 2.28. The number of carboxylic acid groups (broad SMARTS) is 1. The molecule has 0 aliphatic carbocycles. The Bertz CT molecular complexity index is 733. The van der Waals surface area contributed by atoms with Crippen LogP contribution in [0, 0.1) is 0 Å². The highest BCUT2D eigenvalue weighted by Crippen LogP contribution is 2.07. The summed E-state index contributed by atoms with van der Waals surface area (Å²) in [6.07, 6.45) is 1.47. The lowest BCUT2D eigenvalue weighted by Crippen LogP contribution is -2.56. The van der Waals surface area contributed by atoms with Crippen LogP contribution in [-0.4, -0.2) is 77.9 Å². The van der Waals surface area contributed by atoms with Gasteiger partial charge in [-0.3, -0.25) is 24.2 Å². The van der Waals surface area contributed by atoms with E-state index in [-0.39, 0.29) is 24.8 Å². The molecule has 32 heavy (non-hydrogen) atoms. The first kappa shape index (κ1) is 26.6. The minimum atomic E-state index is -1.53. The van der Waals surface area contributed by atoms with E-state index in [0.29, 0.717) is 19.4 Å². The van der Waals surface area contributed by atoms with Crippen molar-refractivity contribution in [2.75, 3.05) is 13.1 Å². The van der Waals surface area contributed by atoms with E-state index in [4.69, 9.17) is 22.3 Å². The van der Waals surface area contributed by atoms with Crippen molar-refractivity contribution in [3.63, 3.8) is 0 Å². The molecule has 1 aliphatic rings. The fourth-order valence-corrected chi connectivity index (χ4v) is 3.03. The Hall–Kier alpha value is -3.42. The summed E-state index contributed by atoms with van der Waals surface area (Å²) in [5.41, 5.74) is 15.5. The summed E-state index contributed by atoms with van der Waals surface area (Å²) in [5, 5.41) is 19.4. The number of carbonyl (C=O) groups is 5. The normalized spacial score (nSPS) is 18.0. The van der Waals surface area contributed by atoms with Gasteiger partial charge in [0.15, 0.2) is 5.96 Å². The van der Waals surface area contributed by atoms with Crippen LogP contribution in [0.5, 0.6) is 0 Å². The van der Waals surface area contributed by atoms with E-state index in [1.807, 2.05) is 0 Å². The first-order valence-electron chi connectivity index (χ1n) is 10.2. The van der Waals surface area contributed by atoms with Crippen molar-refractivity contribution < 1.29 is 29.1 Å². The first-order chi connectivity index (χ1) is 15.0. The molecule has 180 valence electrons. The summed E-state index contributed by atoms with van der Waals surface area (Å²) >= 11 is 0. The SMILES string of the molecule is CC(NC(=O)C(CCCN=C(N)N)NC(=O)C1CCCN1)C(=O)NC(CC(N)=O)C(=O)O. The molecule has 4 amide bonds. The second-order valence-electron chi connectivity index (χ2n) is 7.46. The van der Waals surface area contributed by atoms with Gasteiger partial charge < -0.3 is 43.6 Å². The number of nitrogens with zero attached hydrogens (tertiary/aromatic N) is 1. The average Bonchev–Trinajstić information content (AvgIpc) is 3.23. The minimum absolute atomic E-state index is 0.0977.